The topological polar surface area (TPSA) is 79.8 Å². The van der Waals surface area contributed by atoms with Crippen LogP contribution in [0.25, 0.3) is 0 Å². The molecule has 1 heterocycles. The first kappa shape index (κ1) is 22.2. The van der Waals surface area contributed by atoms with Crippen LogP contribution in [0.4, 0.5) is 5.69 Å². The Morgan fingerprint density at radius 2 is 1.97 bits per heavy atom. The second-order valence-electron chi connectivity index (χ2n) is 6.82. The molecule has 2 atom stereocenters. The molecule has 0 saturated carbocycles. The van der Waals surface area contributed by atoms with Crippen LogP contribution >= 0.6 is 11.6 Å². The minimum Gasteiger partial charge on any atom is -0.388 e. The van der Waals surface area contributed by atoms with Gasteiger partial charge in [-0.05, 0) is 55.1 Å². The maximum atomic E-state index is 12.0. The first-order valence-corrected chi connectivity index (χ1v) is 11.2. The molecule has 0 amide bonds. The van der Waals surface area contributed by atoms with E-state index in [9.17, 15) is 8.76 Å². The van der Waals surface area contributed by atoms with Gasteiger partial charge < -0.3 is 24.7 Å². The number of ether oxygens (including phenoxy) is 2. The van der Waals surface area contributed by atoms with E-state index in [1.54, 1.807) is 12.1 Å². The van der Waals surface area contributed by atoms with Crippen LogP contribution in [0.2, 0.25) is 5.02 Å². The molecule has 1 saturated heterocycles. The lowest BCUT2D eigenvalue weighted by Crippen LogP contribution is -2.28. The molecule has 158 valence electrons. The summed E-state index contributed by atoms with van der Waals surface area (Å²) in [4.78, 5) is 0.305. The van der Waals surface area contributed by atoms with Crippen molar-refractivity contribution in [3.8, 4) is 0 Å². The molecule has 1 fully saturated rings. The smallest absolute Gasteiger partial charge is 0.186 e. The van der Waals surface area contributed by atoms with Crippen molar-refractivity contribution in [2.75, 3.05) is 32.1 Å². The summed E-state index contributed by atoms with van der Waals surface area (Å²) in [6.07, 6.45) is 2.44. The molecule has 2 unspecified atom stereocenters. The molecular weight excluding hydrogens is 412 g/mol. The van der Waals surface area contributed by atoms with E-state index < -0.39 is 11.1 Å². The Kier molecular flexibility index (Phi) is 8.47. The van der Waals surface area contributed by atoms with E-state index in [2.05, 4.69) is 10.6 Å². The fourth-order valence-electron chi connectivity index (χ4n) is 3.48. The van der Waals surface area contributed by atoms with Gasteiger partial charge in [0, 0.05) is 17.8 Å². The van der Waals surface area contributed by atoms with Gasteiger partial charge in [-0.3, -0.25) is 0 Å². The fourth-order valence-corrected chi connectivity index (χ4v) is 4.33. The number of halogens is 1. The molecule has 1 aliphatic heterocycles. The second-order valence-corrected chi connectivity index (χ2v) is 8.20. The molecule has 0 spiro atoms. The molecule has 3 N–H and O–H groups in total. The zero-order chi connectivity index (χ0) is 20.6. The van der Waals surface area contributed by atoms with Crippen molar-refractivity contribution in [1.82, 2.24) is 5.32 Å². The van der Waals surface area contributed by atoms with Gasteiger partial charge in [-0.1, -0.05) is 35.9 Å². The predicted molar refractivity (Wildman–Crippen MR) is 116 cm³/mol. The molecule has 0 bridgehead atoms. The molecule has 6 nitrogen and oxygen atoms in total. The van der Waals surface area contributed by atoms with E-state index in [4.69, 9.17) is 21.1 Å². The molecule has 0 aromatic heterocycles. The van der Waals surface area contributed by atoms with Crippen molar-refractivity contribution in [2.24, 2.45) is 0 Å². The standard InChI is InChI=1S/C21H27ClN2O4S/c1-23-18-7-3-2-6-16(18)21(17-10-9-15(22)14-19(17)29(25)26)24-11-4-8-20-27-12-5-13-28-20/h2-3,6-7,9-10,14,20-21,23-24H,4-5,8,11-13H2,1H3,(H,25,26). The van der Waals surface area contributed by atoms with Gasteiger partial charge in [-0.2, -0.15) is 0 Å². The second kappa shape index (κ2) is 11.1. The summed E-state index contributed by atoms with van der Waals surface area (Å²) in [7, 11) is 1.86. The lowest BCUT2D eigenvalue weighted by Gasteiger charge is -2.26. The number of nitrogens with one attached hydrogen (secondary N) is 2. The van der Waals surface area contributed by atoms with Crippen molar-refractivity contribution in [3.05, 3.63) is 58.6 Å². The van der Waals surface area contributed by atoms with E-state index >= 15 is 0 Å². The largest absolute Gasteiger partial charge is 0.388 e. The van der Waals surface area contributed by atoms with Crippen LogP contribution in [-0.2, 0) is 20.6 Å². The number of hydrogen-bond donors (Lipinski definition) is 3. The highest BCUT2D eigenvalue weighted by molar-refractivity contribution is 7.79. The van der Waals surface area contributed by atoms with Crippen LogP contribution in [-0.4, -0.2) is 41.9 Å². The number of hydrogen-bond acceptors (Lipinski definition) is 5. The number of rotatable bonds is 9. The highest BCUT2D eigenvalue weighted by atomic mass is 35.5. The Hall–Kier alpha value is -1.48. The van der Waals surface area contributed by atoms with Gasteiger partial charge in [0.1, 0.15) is 0 Å². The Morgan fingerprint density at radius 3 is 2.69 bits per heavy atom. The monoisotopic (exact) mass is 438 g/mol. The molecule has 2 aromatic rings. The third kappa shape index (κ3) is 6.01. The van der Waals surface area contributed by atoms with E-state index in [1.165, 1.54) is 0 Å². The zero-order valence-corrected chi connectivity index (χ0v) is 18.0. The number of benzene rings is 2. The molecule has 3 rings (SSSR count). The van der Waals surface area contributed by atoms with Crippen molar-refractivity contribution in [3.63, 3.8) is 0 Å². The zero-order valence-electron chi connectivity index (χ0n) is 16.4. The van der Waals surface area contributed by atoms with Gasteiger partial charge in [0.15, 0.2) is 17.4 Å². The van der Waals surface area contributed by atoms with E-state index in [1.807, 2.05) is 37.4 Å². The van der Waals surface area contributed by atoms with Crippen LogP contribution in [0.15, 0.2) is 47.4 Å². The molecule has 0 aliphatic carbocycles. The molecule has 1 aliphatic rings. The predicted octanol–water partition coefficient (Wildman–Crippen LogP) is 4.18. The summed E-state index contributed by atoms with van der Waals surface area (Å²) in [5, 5.41) is 7.17. The quantitative estimate of drug-likeness (QED) is 0.402. The number of para-hydroxylation sites is 1. The van der Waals surface area contributed by atoms with Crippen molar-refractivity contribution in [2.45, 2.75) is 36.5 Å². The Bertz CT molecular complexity index is 830. The first-order chi connectivity index (χ1) is 14.1. The van der Waals surface area contributed by atoms with Crippen LogP contribution in [0.3, 0.4) is 0 Å². The SMILES string of the molecule is CNc1ccccc1C(NCCCC1OCCCO1)c1ccc(Cl)cc1S(=O)O. The Balaban J connectivity index is 1.82. The van der Waals surface area contributed by atoms with Crippen molar-refractivity contribution in [1.29, 1.82) is 0 Å². The van der Waals surface area contributed by atoms with Crippen molar-refractivity contribution < 1.29 is 18.2 Å². The summed E-state index contributed by atoms with van der Waals surface area (Å²) >= 11 is 3.93. The molecule has 29 heavy (non-hydrogen) atoms. The van der Waals surface area contributed by atoms with Gasteiger partial charge >= 0.3 is 0 Å². The third-order valence-electron chi connectivity index (χ3n) is 4.88. The van der Waals surface area contributed by atoms with Crippen LogP contribution in [0.1, 0.15) is 36.4 Å². The third-order valence-corrected chi connectivity index (χ3v) is 5.84. The molecule has 2 aromatic carbocycles. The van der Waals surface area contributed by atoms with Gasteiger partial charge in [-0.25, -0.2) is 4.21 Å². The molecule has 0 radical (unpaired) electrons. The maximum Gasteiger partial charge on any atom is 0.186 e. The fraction of sp³-hybridized carbons (Fsp3) is 0.429. The van der Waals surface area contributed by atoms with Crippen LogP contribution in [0, 0.1) is 0 Å². The highest BCUT2D eigenvalue weighted by Gasteiger charge is 2.22. The summed E-state index contributed by atoms with van der Waals surface area (Å²) < 4.78 is 33.0. The maximum absolute atomic E-state index is 12.0. The summed E-state index contributed by atoms with van der Waals surface area (Å²) in [6.45, 7) is 2.19. The van der Waals surface area contributed by atoms with Crippen LogP contribution in [0.5, 0.6) is 0 Å². The summed E-state index contributed by atoms with van der Waals surface area (Å²) in [6, 6.07) is 12.7. The van der Waals surface area contributed by atoms with E-state index in [-0.39, 0.29) is 12.3 Å². The van der Waals surface area contributed by atoms with E-state index in [0.717, 1.165) is 49.3 Å². The Morgan fingerprint density at radius 1 is 1.21 bits per heavy atom. The minimum absolute atomic E-state index is 0.148. The Labute approximate surface area is 179 Å². The van der Waals surface area contributed by atoms with Crippen molar-refractivity contribution >= 4 is 28.4 Å². The van der Waals surface area contributed by atoms with E-state index in [0.29, 0.717) is 16.5 Å². The number of anilines is 1. The first-order valence-electron chi connectivity index (χ1n) is 9.73. The normalized spacial score (nSPS) is 17.1. The van der Waals surface area contributed by atoms with Crippen LogP contribution < -0.4 is 10.6 Å². The molecular formula is C21H27ClN2O4S. The van der Waals surface area contributed by atoms with Gasteiger partial charge in [-0.15, -0.1) is 0 Å². The molecule has 8 heteroatoms. The lowest BCUT2D eigenvalue weighted by atomic mass is 9.96. The van der Waals surface area contributed by atoms with Gasteiger partial charge in [0.25, 0.3) is 0 Å². The lowest BCUT2D eigenvalue weighted by molar-refractivity contribution is -0.181. The summed E-state index contributed by atoms with van der Waals surface area (Å²) in [5.74, 6) is 0. The average molecular weight is 439 g/mol. The highest BCUT2D eigenvalue weighted by Crippen LogP contribution is 2.33. The van der Waals surface area contributed by atoms with Gasteiger partial charge in [0.2, 0.25) is 0 Å². The average Bonchev–Trinajstić information content (AvgIpc) is 2.75. The summed E-state index contributed by atoms with van der Waals surface area (Å²) in [5.41, 5.74) is 2.67. The minimum atomic E-state index is -2.15. The van der Waals surface area contributed by atoms with Gasteiger partial charge in [0.05, 0.1) is 24.2 Å².